The van der Waals surface area contributed by atoms with Gasteiger partial charge in [0.2, 0.25) is 0 Å². The molecule has 1 aliphatic rings. The summed E-state index contributed by atoms with van der Waals surface area (Å²) in [7, 11) is 1.57. The van der Waals surface area contributed by atoms with E-state index in [0.29, 0.717) is 5.92 Å². The fourth-order valence-corrected chi connectivity index (χ4v) is 2.05. The van der Waals surface area contributed by atoms with Gasteiger partial charge in [-0.2, -0.15) is 0 Å². The maximum Gasteiger partial charge on any atom is 0.251 e. The number of methoxy groups -OCH3 is 1. The largest absolute Gasteiger partial charge is 0.369 e. The molecule has 1 rings (SSSR count). The number of carbonyl (C=O) groups excluding carboxylic acids is 1. The molecule has 2 unspecified atom stereocenters. The minimum atomic E-state index is -0.704. The van der Waals surface area contributed by atoms with Crippen LogP contribution in [0.4, 0.5) is 0 Å². The van der Waals surface area contributed by atoms with E-state index in [1.54, 1.807) is 21.0 Å². The molecule has 0 aromatic rings. The van der Waals surface area contributed by atoms with Crippen molar-refractivity contribution in [2.75, 3.05) is 13.7 Å². The molecule has 2 atom stereocenters. The molecule has 3 heteroatoms. The lowest BCUT2D eigenvalue weighted by Crippen LogP contribution is -2.44. The lowest BCUT2D eigenvalue weighted by Gasteiger charge is -2.22. The molecule has 1 aliphatic carbocycles. The average molecular weight is 213 g/mol. The molecule has 0 saturated heterocycles. The summed E-state index contributed by atoms with van der Waals surface area (Å²) in [5.41, 5.74) is -0.704. The summed E-state index contributed by atoms with van der Waals surface area (Å²) < 4.78 is 5.12. The van der Waals surface area contributed by atoms with Crippen LogP contribution in [0.5, 0.6) is 0 Å². The van der Waals surface area contributed by atoms with Gasteiger partial charge in [0.05, 0.1) is 0 Å². The van der Waals surface area contributed by atoms with E-state index in [1.807, 2.05) is 0 Å². The van der Waals surface area contributed by atoms with Crippen LogP contribution in [0.15, 0.2) is 0 Å². The highest BCUT2D eigenvalue weighted by atomic mass is 16.5. The standard InChI is InChI=1S/C12H23NO2/c1-9-5-6-10(7-9)8-13-11(14)12(2,3)15-4/h9-10H,5-8H2,1-4H3,(H,13,14). The zero-order valence-electron chi connectivity index (χ0n) is 10.3. The third kappa shape index (κ3) is 3.49. The van der Waals surface area contributed by atoms with Gasteiger partial charge in [0.25, 0.3) is 5.91 Å². The molecular weight excluding hydrogens is 190 g/mol. The van der Waals surface area contributed by atoms with E-state index in [2.05, 4.69) is 12.2 Å². The molecule has 88 valence electrons. The Morgan fingerprint density at radius 3 is 2.60 bits per heavy atom. The van der Waals surface area contributed by atoms with Crippen LogP contribution in [0.25, 0.3) is 0 Å². The third-order valence-electron chi connectivity index (χ3n) is 3.41. The van der Waals surface area contributed by atoms with Gasteiger partial charge < -0.3 is 10.1 Å². The first-order chi connectivity index (χ1) is 6.95. The summed E-state index contributed by atoms with van der Waals surface area (Å²) in [5, 5.41) is 2.97. The van der Waals surface area contributed by atoms with Crippen LogP contribution in [0.1, 0.15) is 40.0 Å². The number of rotatable bonds is 4. The first kappa shape index (κ1) is 12.5. The molecule has 1 N–H and O–H groups in total. The first-order valence-electron chi connectivity index (χ1n) is 5.79. The number of nitrogens with one attached hydrogen (secondary N) is 1. The quantitative estimate of drug-likeness (QED) is 0.775. The molecule has 15 heavy (non-hydrogen) atoms. The van der Waals surface area contributed by atoms with Crippen molar-refractivity contribution >= 4 is 5.91 Å². The second-order valence-electron chi connectivity index (χ2n) is 5.21. The van der Waals surface area contributed by atoms with Gasteiger partial charge in [-0.25, -0.2) is 0 Å². The Hall–Kier alpha value is -0.570. The van der Waals surface area contributed by atoms with Crippen LogP contribution in [0, 0.1) is 11.8 Å². The Kier molecular flexibility index (Phi) is 4.14. The summed E-state index contributed by atoms with van der Waals surface area (Å²) >= 11 is 0. The van der Waals surface area contributed by atoms with Crippen LogP contribution in [-0.4, -0.2) is 25.2 Å². The van der Waals surface area contributed by atoms with Crippen molar-refractivity contribution in [3.05, 3.63) is 0 Å². The van der Waals surface area contributed by atoms with Crippen LogP contribution in [-0.2, 0) is 9.53 Å². The highest BCUT2D eigenvalue weighted by molar-refractivity contribution is 5.84. The zero-order chi connectivity index (χ0) is 11.5. The Morgan fingerprint density at radius 2 is 2.13 bits per heavy atom. The zero-order valence-corrected chi connectivity index (χ0v) is 10.3. The van der Waals surface area contributed by atoms with Crippen LogP contribution in [0.2, 0.25) is 0 Å². The third-order valence-corrected chi connectivity index (χ3v) is 3.41. The van der Waals surface area contributed by atoms with Gasteiger partial charge in [-0.3, -0.25) is 4.79 Å². The minimum Gasteiger partial charge on any atom is -0.369 e. The highest BCUT2D eigenvalue weighted by Crippen LogP contribution is 2.29. The second kappa shape index (κ2) is 4.97. The fraction of sp³-hybridized carbons (Fsp3) is 0.917. The van der Waals surface area contributed by atoms with Crippen molar-refractivity contribution in [1.29, 1.82) is 0 Å². The van der Waals surface area contributed by atoms with Gasteiger partial charge in [0.1, 0.15) is 5.60 Å². The van der Waals surface area contributed by atoms with Crippen molar-refractivity contribution < 1.29 is 9.53 Å². The predicted octanol–water partition coefficient (Wildman–Crippen LogP) is 1.96. The molecular formula is C12H23NO2. The molecule has 0 spiro atoms. The number of ether oxygens (including phenoxy) is 1. The van der Waals surface area contributed by atoms with E-state index in [9.17, 15) is 4.79 Å². The topological polar surface area (TPSA) is 38.3 Å². The van der Waals surface area contributed by atoms with Crippen molar-refractivity contribution in [3.8, 4) is 0 Å². The molecule has 0 aromatic carbocycles. The molecule has 1 fully saturated rings. The molecule has 1 saturated carbocycles. The van der Waals surface area contributed by atoms with Gasteiger partial charge in [0, 0.05) is 13.7 Å². The number of carbonyl (C=O) groups is 1. The maximum absolute atomic E-state index is 11.7. The van der Waals surface area contributed by atoms with E-state index in [1.165, 1.54) is 19.3 Å². The number of hydrogen-bond donors (Lipinski definition) is 1. The van der Waals surface area contributed by atoms with E-state index < -0.39 is 5.60 Å². The molecule has 0 radical (unpaired) electrons. The average Bonchev–Trinajstić information content (AvgIpc) is 2.60. The molecule has 1 amide bonds. The van der Waals surface area contributed by atoms with Gasteiger partial charge in [-0.1, -0.05) is 13.3 Å². The highest BCUT2D eigenvalue weighted by Gasteiger charge is 2.28. The normalized spacial score (nSPS) is 26.7. The van der Waals surface area contributed by atoms with Crippen molar-refractivity contribution in [2.24, 2.45) is 11.8 Å². The Balaban J connectivity index is 2.28. The minimum absolute atomic E-state index is 0.00967. The molecule has 0 aliphatic heterocycles. The number of hydrogen-bond acceptors (Lipinski definition) is 2. The summed E-state index contributed by atoms with van der Waals surface area (Å²) in [4.78, 5) is 11.7. The SMILES string of the molecule is COC(C)(C)C(=O)NCC1CCC(C)C1. The summed E-state index contributed by atoms with van der Waals surface area (Å²) in [6.07, 6.45) is 3.79. The van der Waals surface area contributed by atoms with Gasteiger partial charge >= 0.3 is 0 Å². The van der Waals surface area contributed by atoms with E-state index in [4.69, 9.17) is 4.74 Å². The Morgan fingerprint density at radius 1 is 1.47 bits per heavy atom. The molecule has 0 bridgehead atoms. The van der Waals surface area contributed by atoms with Gasteiger partial charge in [0.15, 0.2) is 0 Å². The summed E-state index contributed by atoms with van der Waals surface area (Å²) in [6.45, 7) is 6.66. The van der Waals surface area contributed by atoms with Crippen molar-refractivity contribution in [2.45, 2.75) is 45.6 Å². The van der Waals surface area contributed by atoms with Gasteiger partial charge in [-0.15, -0.1) is 0 Å². The molecule has 0 heterocycles. The van der Waals surface area contributed by atoms with Crippen molar-refractivity contribution in [3.63, 3.8) is 0 Å². The smallest absolute Gasteiger partial charge is 0.251 e. The monoisotopic (exact) mass is 213 g/mol. The number of amides is 1. The van der Waals surface area contributed by atoms with Gasteiger partial charge in [-0.05, 0) is 38.5 Å². The Labute approximate surface area is 92.6 Å². The summed E-state index contributed by atoms with van der Waals surface area (Å²) in [6, 6.07) is 0. The molecule has 0 aromatic heterocycles. The van der Waals surface area contributed by atoms with Crippen LogP contribution < -0.4 is 5.32 Å². The lowest BCUT2D eigenvalue weighted by atomic mass is 10.0. The maximum atomic E-state index is 11.7. The van der Waals surface area contributed by atoms with Crippen LogP contribution >= 0.6 is 0 Å². The summed E-state index contributed by atoms with van der Waals surface area (Å²) in [5.74, 6) is 1.48. The van der Waals surface area contributed by atoms with E-state index >= 15 is 0 Å². The second-order valence-corrected chi connectivity index (χ2v) is 5.21. The lowest BCUT2D eigenvalue weighted by molar-refractivity contribution is -0.139. The van der Waals surface area contributed by atoms with Crippen molar-refractivity contribution in [1.82, 2.24) is 5.32 Å². The van der Waals surface area contributed by atoms with E-state index in [-0.39, 0.29) is 5.91 Å². The van der Waals surface area contributed by atoms with Crippen LogP contribution in [0.3, 0.4) is 0 Å². The molecule has 3 nitrogen and oxygen atoms in total. The van der Waals surface area contributed by atoms with E-state index in [0.717, 1.165) is 12.5 Å². The Bertz CT molecular complexity index is 226. The first-order valence-corrected chi connectivity index (χ1v) is 5.79. The fourth-order valence-electron chi connectivity index (χ4n) is 2.05. The predicted molar refractivity (Wildman–Crippen MR) is 60.6 cm³/mol.